The van der Waals surface area contributed by atoms with Crippen molar-refractivity contribution in [2.45, 2.75) is 11.4 Å². The van der Waals surface area contributed by atoms with Crippen LogP contribution in [0.4, 0.5) is 0 Å². The van der Waals surface area contributed by atoms with E-state index in [0.717, 1.165) is 15.4 Å². The first kappa shape index (κ1) is 15.9. The molecule has 2 N–H and O–H groups in total. The van der Waals surface area contributed by atoms with Gasteiger partial charge in [0, 0.05) is 22.1 Å². The van der Waals surface area contributed by atoms with Gasteiger partial charge in [0.25, 0.3) is 5.56 Å². The highest BCUT2D eigenvalue weighted by Gasteiger charge is 2.14. The average Bonchev–Trinajstić information content (AvgIpc) is 2.53. The largest absolute Gasteiger partial charge is 0.322 e. The first-order chi connectivity index (χ1) is 11.0. The maximum absolute atomic E-state index is 12.3. The molecule has 1 heterocycles. The zero-order valence-electron chi connectivity index (χ0n) is 11.9. The van der Waals surface area contributed by atoms with Crippen molar-refractivity contribution in [2.75, 3.05) is 0 Å². The lowest BCUT2D eigenvalue weighted by molar-refractivity contribution is 0.581. The minimum atomic E-state index is -3.67. The van der Waals surface area contributed by atoms with Crippen LogP contribution < -0.4 is 10.3 Å². The van der Waals surface area contributed by atoms with Gasteiger partial charge in [-0.05, 0) is 41.8 Å². The smallest absolute Gasteiger partial charge is 0.252 e. The van der Waals surface area contributed by atoms with Crippen molar-refractivity contribution in [3.8, 4) is 0 Å². The standard InChI is InChI=1S/C16H13BrN2O3S/c17-13-5-7-14(8-6-13)23(21,22)18-10-12-9-11-3-1-2-4-15(11)19-16(12)20/h1-9,18H,10H2,(H,19,20). The van der Waals surface area contributed by atoms with Crippen LogP contribution in [-0.4, -0.2) is 13.4 Å². The van der Waals surface area contributed by atoms with E-state index in [0.29, 0.717) is 5.56 Å². The summed E-state index contributed by atoms with van der Waals surface area (Å²) in [6.07, 6.45) is 0. The van der Waals surface area contributed by atoms with Gasteiger partial charge in [-0.25, -0.2) is 13.1 Å². The molecule has 3 aromatic rings. The molecule has 0 aliphatic rings. The molecular formula is C16H13BrN2O3S. The second kappa shape index (κ2) is 6.27. The molecule has 0 unspecified atom stereocenters. The number of nitrogens with one attached hydrogen (secondary N) is 2. The summed E-state index contributed by atoms with van der Waals surface area (Å²) in [4.78, 5) is 14.9. The van der Waals surface area contributed by atoms with Crippen LogP contribution in [0.5, 0.6) is 0 Å². The maximum Gasteiger partial charge on any atom is 0.252 e. The normalized spacial score (nSPS) is 11.7. The van der Waals surface area contributed by atoms with Crippen molar-refractivity contribution >= 4 is 36.9 Å². The Morgan fingerprint density at radius 2 is 1.74 bits per heavy atom. The Balaban J connectivity index is 1.86. The summed E-state index contributed by atoms with van der Waals surface area (Å²) in [5.74, 6) is 0. The number of sulfonamides is 1. The van der Waals surface area contributed by atoms with E-state index in [-0.39, 0.29) is 17.0 Å². The topological polar surface area (TPSA) is 79.0 Å². The van der Waals surface area contributed by atoms with E-state index < -0.39 is 10.0 Å². The molecule has 23 heavy (non-hydrogen) atoms. The fourth-order valence-corrected chi connectivity index (χ4v) is 3.46. The van der Waals surface area contributed by atoms with Crippen molar-refractivity contribution in [3.05, 3.63) is 75.0 Å². The van der Waals surface area contributed by atoms with Gasteiger partial charge in [0.15, 0.2) is 0 Å². The third-order valence-corrected chi connectivity index (χ3v) is 5.35. The second-order valence-electron chi connectivity index (χ2n) is 4.99. The van der Waals surface area contributed by atoms with Crippen molar-refractivity contribution in [3.63, 3.8) is 0 Å². The van der Waals surface area contributed by atoms with Gasteiger partial charge >= 0.3 is 0 Å². The molecule has 118 valence electrons. The van der Waals surface area contributed by atoms with Crippen LogP contribution in [0.15, 0.2) is 68.8 Å². The molecule has 0 saturated carbocycles. The van der Waals surface area contributed by atoms with Gasteiger partial charge < -0.3 is 4.98 Å². The number of aromatic nitrogens is 1. The molecule has 0 radical (unpaired) electrons. The molecule has 3 rings (SSSR count). The monoisotopic (exact) mass is 392 g/mol. The Morgan fingerprint density at radius 3 is 2.48 bits per heavy atom. The van der Waals surface area contributed by atoms with Gasteiger partial charge in [-0.2, -0.15) is 0 Å². The lowest BCUT2D eigenvalue weighted by Gasteiger charge is -2.07. The summed E-state index contributed by atoms with van der Waals surface area (Å²) in [6, 6.07) is 15.3. The van der Waals surface area contributed by atoms with Gasteiger partial charge in [-0.15, -0.1) is 0 Å². The number of para-hydroxylation sites is 1. The predicted octanol–water partition coefficient (Wildman–Crippen LogP) is 2.77. The molecule has 0 aliphatic carbocycles. The van der Waals surface area contributed by atoms with Crippen LogP contribution >= 0.6 is 15.9 Å². The van der Waals surface area contributed by atoms with Gasteiger partial charge in [-0.3, -0.25) is 4.79 Å². The number of fused-ring (bicyclic) bond motifs is 1. The van der Waals surface area contributed by atoms with Crippen LogP contribution in [0.3, 0.4) is 0 Å². The van der Waals surface area contributed by atoms with Crippen LogP contribution in [0.25, 0.3) is 10.9 Å². The van der Waals surface area contributed by atoms with E-state index in [1.165, 1.54) is 12.1 Å². The number of rotatable bonds is 4. The van der Waals surface area contributed by atoms with E-state index >= 15 is 0 Å². The van der Waals surface area contributed by atoms with Gasteiger partial charge in [0.05, 0.1) is 4.90 Å². The Morgan fingerprint density at radius 1 is 1.04 bits per heavy atom. The highest BCUT2D eigenvalue weighted by molar-refractivity contribution is 9.10. The number of aromatic amines is 1. The molecule has 0 spiro atoms. The van der Waals surface area contributed by atoms with E-state index in [2.05, 4.69) is 25.6 Å². The van der Waals surface area contributed by atoms with Crippen LogP contribution in [0, 0.1) is 0 Å². The molecule has 2 aromatic carbocycles. The van der Waals surface area contributed by atoms with Gasteiger partial charge in [-0.1, -0.05) is 34.1 Å². The van der Waals surface area contributed by atoms with Crippen molar-refractivity contribution < 1.29 is 8.42 Å². The van der Waals surface area contributed by atoms with Crippen LogP contribution in [-0.2, 0) is 16.6 Å². The number of hydrogen-bond acceptors (Lipinski definition) is 3. The second-order valence-corrected chi connectivity index (χ2v) is 7.67. The number of hydrogen-bond donors (Lipinski definition) is 2. The summed E-state index contributed by atoms with van der Waals surface area (Å²) < 4.78 is 27.8. The Bertz CT molecular complexity index is 1010. The molecule has 0 bridgehead atoms. The molecule has 0 atom stereocenters. The molecular weight excluding hydrogens is 380 g/mol. The predicted molar refractivity (Wildman–Crippen MR) is 92.7 cm³/mol. The Hall–Kier alpha value is -1.96. The third-order valence-electron chi connectivity index (χ3n) is 3.41. The minimum Gasteiger partial charge on any atom is -0.322 e. The molecule has 1 aromatic heterocycles. The summed E-state index contributed by atoms with van der Waals surface area (Å²) in [5.41, 5.74) is 0.781. The van der Waals surface area contributed by atoms with Gasteiger partial charge in [0.2, 0.25) is 10.0 Å². The summed E-state index contributed by atoms with van der Waals surface area (Å²) >= 11 is 3.26. The maximum atomic E-state index is 12.3. The molecule has 0 fully saturated rings. The highest BCUT2D eigenvalue weighted by atomic mass is 79.9. The Kier molecular flexibility index (Phi) is 4.34. The molecule has 0 amide bonds. The lowest BCUT2D eigenvalue weighted by Crippen LogP contribution is -2.26. The van der Waals surface area contributed by atoms with E-state index in [1.54, 1.807) is 24.3 Å². The zero-order chi connectivity index (χ0) is 16.4. The molecule has 5 nitrogen and oxygen atoms in total. The Labute approximate surface area is 141 Å². The molecule has 0 saturated heterocycles. The average molecular weight is 393 g/mol. The van der Waals surface area contributed by atoms with Crippen molar-refractivity contribution in [1.29, 1.82) is 0 Å². The van der Waals surface area contributed by atoms with Crippen molar-refractivity contribution in [1.82, 2.24) is 9.71 Å². The summed E-state index contributed by atoms with van der Waals surface area (Å²) in [6.45, 7) is -0.0709. The van der Waals surface area contributed by atoms with Crippen LogP contribution in [0.1, 0.15) is 5.56 Å². The number of benzene rings is 2. The number of H-pyrrole nitrogens is 1. The van der Waals surface area contributed by atoms with Crippen LogP contribution in [0.2, 0.25) is 0 Å². The summed E-state index contributed by atoms with van der Waals surface area (Å²) in [5, 5.41) is 0.852. The highest BCUT2D eigenvalue weighted by Crippen LogP contribution is 2.15. The van der Waals surface area contributed by atoms with Crippen molar-refractivity contribution in [2.24, 2.45) is 0 Å². The third kappa shape index (κ3) is 3.52. The minimum absolute atomic E-state index is 0.0709. The fourth-order valence-electron chi connectivity index (χ4n) is 2.19. The number of pyridine rings is 1. The van der Waals surface area contributed by atoms with E-state index in [9.17, 15) is 13.2 Å². The summed E-state index contributed by atoms with van der Waals surface area (Å²) in [7, 11) is -3.67. The van der Waals surface area contributed by atoms with E-state index in [1.807, 2.05) is 18.2 Å². The lowest BCUT2D eigenvalue weighted by atomic mass is 10.1. The zero-order valence-corrected chi connectivity index (χ0v) is 14.3. The van der Waals surface area contributed by atoms with Gasteiger partial charge in [0.1, 0.15) is 0 Å². The molecule has 0 aliphatic heterocycles. The number of halogens is 1. The molecule has 7 heteroatoms. The quantitative estimate of drug-likeness (QED) is 0.716. The van der Waals surface area contributed by atoms with E-state index in [4.69, 9.17) is 0 Å². The first-order valence-corrected chi connectivity index (χ1v) is 9.09. The first-order valence-electron chi connectivity index (χ1n) is 6.82. The SMILES string of the molecule is O=c1[nH]c2ccccc2cc1CNS(=O)(=O)c1ccc(Br)cc1. The fraction of sp³-hybridized carbons (Fsp3) is 0.0625.